The predicted octanol–water partition coefficient (Wildman–Crippen LogP) is 3.86. The van der Waals surface area contributed by atoms with Crippen LogP contribution in [0.1, 0.15) is 23.9 Å². The molecule has 2 aromatic carbocycles. The van der Waals surface area contributed by atoms with Gasteiger partial charge in [0.2, 0.25) is 15.9 Å². The van der Waals surface area contributed by atoms with E-state index in [2.05, 4.69) is 20.0 Å². The molecule has 0 bridgehead atoms. The summed E-state index contributed by atoms with van der Waals surface area (Å²) in [6, 6.07) is 14.6. The first-order valence-electron chi connectivity index (χ1n) is 9.62. The number of carbonyl (C=O) groups is 1. The zero-order chi connectivity index (χ0) is 22.6. The molecule has 0 fully saturated rings. The molecule has 31 heavy (non-hydrogen) atoms. The van der Waals surface area contributed by atoms with Gasteiger partial charge in [0.1, 0.15) is 0 Å². The van der Waals surface area contributed by atoms with Crippen molar-refractivity contribution >= 4 is 33.4 Å². The molecule has 9 heteroatoms. The van der Waals surface area contributed by atoms with E-state index in [0.29, 0.717) is 10.8 Å². The molecule has 1 aromatic heterocycles. The second-order valence-corrected chi connectivity index (χ2v) is 9.96. The molecule has 1 amide bonds. The van der Waals surface area contributed by atoms with E-state index >= 15 is 0 Å². The number of carbonyl (C=O) groups excluding carboxylic acids is 1. The molecule has 3 aromatic rings. The summed E-state index contributed by atoms with van der Waals surface area (Å²) in [6.45, 7) is 7.22. The van der Waals surface area contributed by atoms with Gasteiger partial charge in [-0.05, 0) is 81.9 Å². The van der Waals surface area contributed by atoms with E-state index in [9.17, 15) is 13.2 Å². The Hall–Kier alpha value is -2.75. The third kappa shape index (κ3) is 6.36. The topological polar surface area (TPSA) is 101 Å². The maximum Gasteiger partial charge on any atom is 0.242 e. The SMILES string of the molecule is Cc1ccc(S(=O)(=O)N[C@@H](C)C(=O)Nc2ccc(Sc3nc(C)cc(C)n3)cc2)cc1. The maximum atomic E-state index is 12.5. The highest BCUT2D eigenvalue weighted by Gasteiger charge is 2.22. The van der Waals surface area contributed by atoms with Crippen molar-refractivity contribution in [2.45, 2.75) is 48.7 Å². The molecule has 3 rings (SSSR count). The number of nitrogens with zero attached hydrogens (tertiary/aromatic N) is 2. The minimum Gasteiger partial charge on any atom is -0.325 e. The van der Waals surface area contributed by atoms with E-state index in [0.717, 1.165) is 21.8 Å². The molecule has 2 N–H and O–H groups in total. The second kappa shape index (κ2) is 9.59. The Morgan fingerprint density at radius 2 is 1.52 bits per heavy atom. The van der Waals surface area contributed by atoms with Gasteiger partial charge in [-0.1, -0.05) is 17.7 Å². The quantitative estimate of drug-likeness (QED) is 0.524. The molecule has 0 unspecified atom stereocenters. The Kier molecular flexibility index (Phi) is 7.09. The summed E-state index contributed by atoms with van der Waals surface area (Å²) in [6.07, 6.45) is 0. The summed E-state index contributed by atoms with van der Waals surface area (Å²) in [5, 5.41) is 3.39. The molecule has 1 atom stereocenters. The average Bonchev–Trinajstić information content (AvgIpc) is 2.68. The van der Waals surface area contributed by atoms with Crippen LogP contribution in [0.25, 0.3) is 0 Å². The lowest BCUT2D eigenvalue weighted by Gasteiger charge is -2.15. The maximum absolute atomic E-state index is 12.5. The standard InChI is InChI=1S/C22H24N4O3S2/c1-14-5-11-20(12-6-14)31(28,29)26-17(4)21(27)25-18-7-9-19(10-8-18)30-22-23-15(2)13-16(3)24-22/h5-13,17,26H,1-4H3,(H,25,27)/t17-/m0/s1. The normalized spacial score (nSPS) is 12.4. The van der Waals surface area contributed by atoms with Crippen LogP contribution in [0.4, 0.5) is 5.69 Å². The van der Waals surface area contributed by atoms with Crippen LogP contribution in [0.2, 0.25) is 0 Å². The van der Waals surface area contributed by atoms with Crippen molar-refractivity contribution in [1.82, 2.24) is 14.7 Å². The van der Waals surface area contributed by atoms with Crippen LogP contribution in [-0.2, 0) is 14.8 Å². The molecule has 0 saturated heterocycles. The van der Waals surface area contributed by atoms with Crippen LogP contribution in [0.5, 0.6) is 0 Å². The molecule has 0 spiro atoms. The van der Waals surface area contributed by atoms with Crippen LogP contribution in [0.3, 0.4) is 0 Å². The largest absolute Gasteiger partial charge is 0.325 e. The Balaban J connectivity index is 1.61. The van der Waals surface area contributed by atoms with Gasteiger partial charge in [-0.15, -0.1) is 0 Å². The van der Waals surface area contributed by atoms with Crippen LogP contribution in [-0.4, -0.2) is 30.3 Å². The first-order chi connectivity index (χ1) is 14.6. The average molecular weight is 457 g/mol. The predicted molar refractivity (Wildman–Crippen MR) is 122 cm³/mol. The lowest BCUT2D eigenvalue weighted by molar-refractivity contribution is -0.117. The third-order valence-electron chi connectivity index (χ3n) is 4.35. The van der Waals surface area contributed by atoms with E-state index < -0.39 is 22.0 Å². The molecule has 7 nitrogen and oxygen atoms in total. The van der Waals surface area contributed by atoms with E-state index in [-0.39, 0.29) is 4.90 Å². The van der Waals surface area contributed by atoms with Crippen LogP contribution in [0.15, 0.2) is 69.5 Å². The van der Waals surface area contributed by atoms with E-state index in [4.69, 9.17) is 0 Å². The van der Waals surface area contributed by atoms with Gasteiger partial charge >= 0.3 is 0 Å². The fraction of sp³-hybridized carbons (Fsp3) is 0.227. The molecule has 0 aliphatic carbocycles. The Morgan fingerprint density at radius 1 is 0.935 bits per heavy atom. The van der Waals surface area contributed by atoms with E-state index in [1.165, 1.54) is 30.8 Å². The number of aromatic nitrogens is 2. The number of nitrogens with one attached hydrogen (secondary N) is 2. The van der Waals surface area contributed by atoms with Crippen molar-refractivity contribution in [3.05, 3.63) is 71.5 Å². The summed E-state index contributed by atoms with van der Waals surface area (Å²) in [5.41, 5.74) is 3.33. The third-order valence-corrected chi connectivity index (χ3v) is 6.78. The van der Waals surface area contributed by atoms with Gasteiger partial charge in [-0.25, -0.2) is 18.4 Å². The van der Waals surface area contributed by atoms with Crippen molar-refractivity contribution in [2.24, 2.45) is 0 Å². The minimum absolute atomic E-state index is 0.118. The molecular formula is C22H24N4O3S2. The first-order valence-corrected chi connectivity index (χ1v) is 11.9. The summed E-state index contributed by atoms with van der Waals surface area (Å²) in [4.78, 5) is 22.3. The van der Waals surface area contributed by atoms with Gasteiger partial charge in [0, 0.05) is 22.0 Å². The van der Waals surface area contributed by atoms with Gasteiger partial charge in [0.25, 0.3) is 0 Å². The fourth-order valence-electron chi connectivity index (χ4n) is 2.77. The van der Waals surface area contributed by atoms with Gasteiger partial charge in [0.15, 0.2) is 5.16 Å². The zero-order valence-corrected chi connectivity index (χ0v) is 19.3. The van der Waals surface area contributed by atoms with Crippen LogP contribution >= 0.6 is 11.8 Å². The van der Waals surface area contributed by atoms with Gasteiger partial charge < -0.3 is 5.32 Å². The monoisotopic (exact) mass is 456 g/mol. The number of amides is 1. The molecule has 162 valence electrons. The molecule has 0 saturated carbocycles. The zero-order valence-electron chi connectivity index (χ0n) is 17.7. The van der Waals surface area contributed by atoms with Crippen LogP contribution < -0.4 is 10.0 Å². The van der Waals surface area contributed by atoms with E-state index in [1.54, 1.807) is 24.3 Å². The highest BCUT2D eigenvalue weighted by molar-refractivity contribution is 7.99. The number of benzene rings is 2. The highest BCUT2D eigenvalue weighted by Crippen LogP contribution is 2.26. The highest BCUT2D eigenvalue weighted by atomic mass is 32.2. The minimum atomic E-state index is -3.79. The number of aryl methyl sites for hydroxylation is 3. The van der Waals surface area contributed by atoms with Crippen LogP contribution in [0, 0.1) is 20.8 Å². The second-order valence-electron chi connectivity index (χ2n) is 7.20. The van der Waals surface area contributed by atoms with E-state index in [1.807, 2.05) is 39.0 Å². The molecule has 0 aliphatic heterocycles. The van der Waals surface area contributed by atoms with Gasteiger partial charge in [-0.2, -0.15) is 4.72 Å². The summed E-state index contributed by atoms with van der Waals surface area (Å²) in [5.74, 6) is -0.450. The van der Waals surface area contributed by atoms with Crippen molar-refractivity contribution in [1.29, 1.82) is 0 Å². The van der Waals surface area contributed by atoms with Crippen molar-refractivity contribution in [2.75, 3.05) is 5.32 Å². The number of hydrogen-bond acceptors (Lipinski definition) is 6. The Bertz CT molecular complexity index is 1160. The molecule has 1 heterocycles. The molecule has 0 aliphatic rings. The molecule has 0 radical (unpaired) electrons. The number of hydrogen-bond donors (Lipinski definition) is 2. The lowest BCUT2D eigenvalue weighted by atomic mass is 10.2. The van der Waals surface area contributed by atoms with Gasteiger partial charge in [0.05, 0.1) is 10.9 Å². The number of sulfonamides is 1. The Morgan fingerprint density at radius 3 is 2.10 bits per heavy atom. The number of anilines is 1. The summed E-state index contributed by atoms with van der Waals surface area (Å²) >= 11 is 1.43. The number of rotatable bonds is 7. The summed E-state index contributed by atoms with van der Waals surface area (Å²) < 4.78 is 27.3. The Labute approximate surface area is 186 Å². The van der Waals surface area contributed by atoms with Crippen molar-refractivity contribution < 1.29 is 13.2 Å². The fourth-order valence-corrected chi connectivity index (χ4v) is 4.84. The smallest absolute Gasteiger partial charge is 0.242 e. The van der Waals surface area contributed by atoms with Crippen molar-refractivity contribution in [3.8, 4) is 0 Å². The van der Waals surface area contributed by atoms with Crippen molar-refractivity contribution in [3.63, 3.8) is 0 Å². The molecular weight excluding hydrogens is 432 g/mol. The lowest BCUT2D eigenvalue weighted by Crippen LogP contribution is -2.41. The van der Waals surface area contributed by atoms with Gasteiger partial charge in [-0.3, -0.25) is 4.79 Å². The summed E-state index contributed by atoms with van der Waals surface area (Å²) in [7, 11) is -3.79. The first kappa shape index (κ1) is 22.9.